The van der Waals surface area contributed by atoms with Crippen LogP contribution in [0, 0.1) is 5.92 Å². The Morgan fingerprint density at radius 1 is 1.31 bits per heavy atom. The number of rotatable bonds is 6. The van der Waals surface area contributed by atoms with E-state index in [1.165, 1.54) is 0 Å². The maximum absolute atomic E-state index is 12.0. The topological polar surface area (TPSA) is 80.5 Å². The molecular weight excluding hydrogens is 375 g/mol. The molecule has 26 heavy (non-hydrogen) atoms. The summed E-state index contributed by atoms with van der Waals surface area (Å²) in [4.78, 5) is 18.7. The smallest absolute Gasteiger partial charge is 0.237 e. The second kappa shape index (κ2) is 11.6. The largest absolute Gasteiger partial charge is 0.372 e. The summed E-state index contributed by atoms with van der Waals surface area (Å²) in [6.45, 7) is 10.4. The molecule has 0 saturated carbocycles. The molecule has 1 aromatic rings. The van der Waals surface area contributed by atoms with E-state index in [1.54, 1.807) is 0 Å². The third-order valence-electron chi connectivity index (χ3n) is 4.08. The van der Waals surface area contributed by atoms with E-state index in [1.807, 2.05) is 18.3 Å². The molecule has 2 heterocycles. The van der Waals surface area contributed by atoms with Gasteiger partial charge in [0.2, 0.25) is 5.91 Å². The number of halogens is 2. The predicted octanol–water partition coefficient (Wildman–Crippen LogP) is 2.53. The second-order valence-corrected chi connectivity index (χ2v) is 7.14. The lowest BCUT2D eigenvalue weighted by molar-refractivity contribution is -0.122. The molecule has 1 saturated heterocycles. The van der Waals surface area contributed by atoms with Crippen LogP contribution >= 0.6 is 24.8 Å². The molecule has 1 aromatic heterocycles. The van der Waals surface area contributed by atoms with Crippen LogP contribution in [0.3, 0.4) is 0 Å². The fourth-order valence-electron chi connectivity index (χ4n) is 3.01. The summed E-state index contributed by atoms with van der Waals surface area (Å²) in [5.41, 5.74) is 6.85. The van der Waals surface area contributed by atoms with Gasteiger partial charge in [0.05, 0.1) is 18.2 Å². The number of amides is 1. The number of anilines is 1. The number of pyridine rings is 1. The summed E-state index contributed by atoms with van der Waals surface area (Å²) < 4.78 is 5.75. The Bertz CT molecular complexity index is 532. The molecule has 8 heteroatoms. The number of aromatic nitrogens is 1. The number of morpholine rings is 1. The third kappa shape index (κ3) is 7.66. The maximum atomic E-state index is 12.0. The second-order valence-electron chi connectivity index (χ2n) is 7.14. The van der Waals surface area contributed by atoms with Crippen molar-refractivity contribution >= 4 is 36.5 Å². The van der Waals surface area contributed by atoms with E-state index in [2.05, 4.69) is 42.9 Å². The summed E-state index contributed by atoms with van der Waals surface area (Å²) in [5.74, 6) is 1.25. The van der Waals surface area contributed by atoms with E-state index in [0.717, 1.165) is 24.5 Å². The first-order valence-electron chi connectivity index (χ1n) is 8.73. The molecule has 2 rings (SSSR count). The van der Waals surface area contributed by atoms with Crippen molar-refractivity contribution in [3.05, 3.63) is 23.9 Å². The zero-order chi connectivity index (χ0) is 17.7. The zero-order valence-electron chi connectivity index (χ0n) is 16.0. The van der Waals surface area contributed by atoms with Crippen LogP contribution in [-0.2, 0) is 16.1 Å². The van der Waals surface area contributed by atoms with E-state index < -0.39 is 6.04 Å². The van der Waals surface area contributed by atoms with Crippen molar-refractivity contribution in [2.24, 2.45) is 11.7 Å². The normalized spacial score (nSPS) is 20.8. The highest BCUT2D eigenvalue weighted by Crippen LogP contribution is 2.18. The van der Waals surface area contributed by atoms with Crippen LogP contribution in [0.15, 0.2) is 18.3 Å². The van der Waals surface area contributed by atoms with Gasteiger partial charge in [0.1, 0.15) is 5.82 Å². The summed E-state index contributed by atoms with van der Waals surface area (Å²) in [5, 5.41) is 2.88. The molecule has 1 amide bonds. The molecule has 6 nitrogen and oxygen atoms in total. The van der Waals surface area contributed by atoms with Crippen LogP contribution in [0.25, 0.3) is 0 Å². The SMILES string of the molecule is CC(C)C[C@H](N)C(=O)NCc1ccc(N2CC(C)OC(C)C2)nc1.Cl.Cl. The van der Waals surface area contributed by atoms with Gasteiger partial charge in [-0.3, -0.25) is 4.79 Å². The number of nitrogens with one attached hydrogen (secondary N) is 1. The quantitative estimate of drug-likeness (QED) is 0.758. The molecule has 150 valence electrons. The lowest BCUT2D eigenvalue weighted by atomic mass is 10.0. The van der Waals surface area contributed by atoms with Crippen molar-refractivity contribution in [3.63, 3.8) is 0 Å². The van der Waals surface area contributed by atoms with Gasteiger partial charge in [0, 0.05) is 25.8 Å². The molecule has 0 aliphatic carbocycles. The monoisotopic (exact) mass is 406 g/mol. The molecule has 1 aliphatic rings. The highest BCUT2D eigenvalue weighted by molar-refractivity contribution is 5.85. The average molecular weight is 407 g/mol. The van der Waals surface area contributed by atoms with Crippen molar-refractivity contribution in [1.82, 2.24) is 10.3 Å². The summed E-state index contributed by atoms with van der Waals surface area (Å²) >= 11 is 0. The number of nitrogens with zero attached hydrogens (tertiary/aromatic N) is 2. The van der Waals surface area contributed by atoms with Gasteiger partial charge in [0.15, 0.2) is 0 Å². The minimum absolute atomic E-state index is 0. The highest BCUT2D eigenvalue weighted by Gasteiger charge is 2.23. The standard InChI is InChI=1S/C18H30N4O2.2ClH/c1-12(2)7-16(19)18(23)21-9-15-5-6-17(20-8-15)22-10-13(3)24-14(4)11-22;;/h5-6,8,12-14,16H,7,9-11,19H2,1-4H3,(H,21,23);2*1H/t13?,14?,16-;;/m0../s1. The number of nitrogens with two attached hydrogens (primary N) is 1. The van der Waals surface area contributed by atoms with E-state index >= 15 is 0 Å². The number of carbonyl (C=O) groups excluding carboxylic acids is 1. The Morgan fingerprint density at radius 3 is 2.42 bits per heavy atom. The first-order chi connectivity index (χ1) is 11.3. The molecule has 1 fully saturated rings. The predicted molar refractivity (Wildman–Crippen MR) is 110 cm³/mol. The minimum Gasteiger partial charge on any atom is -0.372 e. The van der Waals surface area contributed by atoms with Gasteiger partial charge < -0.3 is 20.7 Å². The average Bonchev–Trinajstić information content (AvgIpc) is 2.51. The van der Waals surface area contributed by atoms with Gasteiger partial charge in [-0.15, -0.1) is 24.8 Å². The fraction of sp³-hybridized carbons (Fsp3) is 0.667. The van der Waals surface area contributed by atoms with Crippen molar-refractivity contribution in [2.45, 2.75) is 58.9 Å². The van der Waals surface area contributed by atoms with Crippen LogP contribution in [0.4, 0.5) is 5.82 Å². The summed E-state index contributed by atoms with van der Waals surface area (Å²) in [7, 11) is 0. The van der Waals surface area contributed by atoms with Gasteiger partial charge in [-0.1, -0.05) is 19.9 Å². The first-order valence-corrected chi connectivity index (χ1v) is 8.73. The first kappa shape index (κ1) is 24.9. The van der Waals surface area contributed by atoms with E-state index in [9.17, 15) is 4.79 Å². The lowest BCUT2D eigenvalue weighted by Crippen LogP contribution is -2.45. The maximum Gasteiger partial charge on any atom is 0.237 e. The highest BCUT2D eigenvalue weighted by atomic mass is 35.5. The molecule has 2 unspecified atom stereocenters. The molecular formula is C18H32Cl2N4O2. The van der Waals surface area contributed by atoms with Gasteiger partial charge in [0.25, 0.3) is 0 Å². The molecule has 0 radical (unpaired) electrons. The van der Waals surface area contributed by atoms with Crippen LogP contribution in [0.2, 0.25) is 0 Å². The van der Waals surface area contributed by atoms with Crippen molar-refractivity contribution in [2.75, 3.05) is 18.0 Å². The third-order valence-corrected chi connectivity index (χ3v) is 4.08. The molecule has 0 spiro atoms. The Morgan fingerprint density at radius 2 is 1.92 bits per heavy atom. The van der Waals surface area contributed by atoms with Crippen LogP contribution in [0.1, 0.15) is 39.7 Å². The lowest BCUT2D eigenvalue weighted by Gasteiger charge is -2.36. The van der Waals surface area contributed by atoms with Gasteiger partial charge in [-0.25, -0.2) is 4.98 Å². The van der Waals surface area contributed by atoms with Gasteiger partial charge in [-0.2, -0.15) is 0 Å². The van der Waals surface area contributed by atoms with Gasteiger partial charge in [-0.05, 0) is 37.8 Å². The minimum atomic E-state index is -0.450. The molecule has 3 N–H and O–H groups in total. The number of carbonyl (C=O) groups is 1. The molecule has 3 atom stereocenters. The fourth-order valence-corrected chi connectivity index (χ4v) is 3.01. The van der Waals surface area contributed by atoms with Crippen LogP contribution in [-0.4, -0.2) is 42.2 Å². The summed E-state index contributed by atoms with van der Waals surface area (Å²) in [6.07, 6.45) is 2.92. The molecule has 1 aliphatic heterocycles. The molecule has 0 aromatic carbocycles. The number of hydrogen-bond acceptors (Lipinski definition) is 5. The Balaban J connectivity index is 0.00000312. The van der Waals surface area contributed by atoms with Crippen molar-refractivity contribution < 1.29 is 9.53 Å². The summed E-state index contributed by atoms with van der Waals surface area (Å²) in [6, 6.07) is 3.55. The van der Waals surface area contributed by atoms with Gasteiger partial charge >= 0.3 is 0 Å². The van der Waals surface area contributed by atoms with Crippen molar-refractivity contribution in [1.29, 1.82) is 0 Å². The Hall–Kier alpha value is -1.08. The van der Waals surface area contributed by atoms with E-state index in [-0.39, 0.29) is 42.9 Å². The van der Waals surface area contributed by atoms with Crippen LogP contribution < -0.4 is 16.0 Å². The van der Waals surface area contributed by atoms with Crippen molar-refractivity contribution in [3.8, 4) is 0 Å². The number of ether oxygens (including phenoxy) is 1. The molecule has 0 bridgehead atoms. The number of hydrogen-bond donors (Lipinski definition) is 2. The van der Waals surface area contributed by atoms with E-state index in [0.29, 0.717) is 18.9 Å². The zero-order valence-corrected chi connectivity index (χ0v) is 17.6. The van der Waals surface area contributed by atoms with E-state index in [4.69, 9.17) is 10.5 Å². The van der Waals surface area contributed by atoms with Crippen LogP contribution in [0.5, 0.6) is 0 Å². The Labute approximate surface area is 169 Å². The Kier molecular flexibility index (Phi) is 11.1.